The largest absolute Gasteiger partial charge is 0.482 e. The van der Waals surface area contributed by atoms with E-state index in [-0.39, 0.29) is 37.6 Å². The molecule has 0 saturated heterocycles. The lowest BCUT2D eigenvalue weighted by Gasteiger charge is -2.45. The van der Waals surface area contributed by atoms with Gasteiger partial charge in [0.15, 0.2) is 5.60 Å². The molecule has 0 radical (unpaired) electrons. The SMILES string of the molecule is CCOC(=O)CC1(O)CC(COC)(COC)Oc2cc(C(F)(F)F)ccc21. The zero-order valence-electron chi connectivity index (χ0n) is 15.4. The van der Waals surface area contributed by atoms with Crippen LogP contribution in [0.4, 0.5) is 13.2 Å². The quantitative estimate of drug-likeness (QED) is 0.720. The summed E-state index contributed by atoms with van der Waals surface area (Å²) in [6.07, 6.45) is -5.13. The summed E-state index contributed by atoms with van der Waals surface area (Å²) in [5.74, 6) is -0.839. The van der Waals surface area contributed by atoms with Crippen LogP contribution in [-0.2, 0) is 30.8 Å². The number of fused-ring (bicyclic) bond motifs is 1. The predicted octanol–water partition coefficient (Wildman–Crippen LogP) is 2.66. The lowest BCUT2D eigenvalue weighted by Crippen LogP contribution is -2.54. The normalized spacial score (nSPS) is 21.3. The summed E-state index contributed by atoms with van der Waals surface area (Å²) in [5, 5.41) is 11.2. The second-order valence-electron chi connectivity index (χ2n) is 6.55. The first-order chi connectivity index (χ1) is 12.6. The van der Waals surface area contributed by atoms with Gasteiger partial charge in [0, 0.05) is 26.2 Å². The maximum Gasteiger partial charge on any atom is 0.416 e. The second kappa shape index (κ2) is 8.04. The van der Waals surface area contributed by atoms with Gasteiger partial charge in [-0.05, 0) is 19.1 Å². The number of carbonyl (C=O) groups is 1. The standard InChI is InChI=1S/C18H23F3O6/c1-4-26-15(22)8-17(23)9-16(10-24-2,11-25-3)27-14-7-12(18(19,20)21)5-6-13(14)17/h5-7,23H,4,8-11H2,1-3H3. The molecule has 1 heterocycles. The highest BCUT2D eigenvalue weighted by Crippen LogP contribution is 2.47. The molecule has 0 amide bonds. The fourth-order valence-corrected chi connectivity index (χ4v) is 3.40. The molecule has 0 fully saturated rings. The number of halogens is 3. The van der Waals surface area contributed by atoms with Gasteiger partial charge in [0.25, 0.3) is 0 Å². The van der Waals surface area contributed by atoms with E-state index < -0.39 is 35.3 Å². The van der Waals surface area contributed by atoms with Crippen LogP contribution < -0.4 is 4.74 Å². The van der Waals surface area contributed by atoms with E-state index in [0.29, 0.717) is 0 Å². The minimum atomic E-state index is -4.58. The molecule has 1 atom stereocenters. The number of ether oxygens (including phenoxy) is 4. The summed E-state index contributed by atoms with van der Waals surface area (Å²) < 4.78 is 60.3. The van der Waals surface area contributed by atoms with E-state index in [9.17, 15) is 23.1 Å². The fraction of sp³-hybridized carbons (Fsp3) is 0.611. The summed E-state index contributed by atoms with van der Waals surface area (Å²) in [4.78, 5) is 12.0. The Morgan fingerprint density at radius 2 is 1.89 bits per heavy atom. The Kier molecular flexibility index (Phi) is 6.39. The molecule has 0 bridgehead atoms. The molecule has 152 valence electrons. The van der Waals surface area contributed by atoms with Gasteiger partial charge in [-0.15, -0.1) is 0 Å². The van der Waals surface area contributed by atoms with Crippen molar-refractivity contribution in [3.8, 4) is 5.75 Å². The van der Waals surface area contributed by atoms with Crippen LogP contribution >= 0.6 is 0 Å². The van der Waals surface area contributed by atoms with Crippen molar-refractivity contribution in [1.29, 1.82) is 0 Å². The Bertz CT molecular complexity index is 670. The van der Waals surface area contributed by atoms with Gasteiger partial charge in [-0.3, -0.25) is 4.79 Å². The monoisotopic (exact) mass is 392 g/mol. The fourth-order valence-electron chi connectivity index (χ4n) is 3.40. The van der Waals surface area contributed by atoms with Crippen LogP contribution in [0, 0.1) is 0 Å². The number of carbonyl (C=O) groups excluding carboxylic acids is 1. The van der Waals surface area contributed by atoms with Gasteiger partial charge < -0.3 is 24.1 Å². The average Bonchev–Trinajstić information content (AvgIpc) is 2.53. The van der Waals surface area contributed by atoms with Crippen LogP contribution in [0.1, 0.15) is 30.9 Å². The number of alkyl halides is 3. The van der Waals surface area contributed by atoms with E-state index >= 15 is 0 Å². The molecular weight excluding hydrogens is 369 g/mol. The Morgan fingerprint density at radius 1 is 1.26 bits per heavy atom. The lowest BCUT2D eigenvalue weighted by molar-refractivity contribution is -0.161. The van der Waals surface area contributed by atoms with Crippen molar-refractivity contribution in [3.05, 3.63) is 29.3 Å². The van der Waals surface area contributed by atoms with Crippen LogP contribution in [0.25, 0.3) is 0 Å². The lowest BCUT2D eigenvalue weighted by atomic mass is 9.77. The van der Waals surface area contributed by atoms with E-state index in [1.807, 2.05) is 0 Å². The molecule has 1 aromatic carbocycles. The summed E-state index contributed by atoms with van der Waals surface area (Å²) in [5.41, 5.74) is -3.89. The number of aliphatic hydroxyl groups is 1. The number of methoxy groups -OCH3 is 2. The summed E-state index contributed by atoms with van der Waals surface area (Å²) in [6, 6.07) is 2.78. The third kappa shape index (κ3) is 4.72. The number of benzene rings is 1. The molecule has 0 spiro atoms. The van der Waals surface area contributed by atoms with Gasteiger partial charge in [-0.2, -0.15) is 13.2 Å². The van der Waals surface area contributed by atoms with Crippen molar-refractivity contribution in [2.24, 2.45) is 0 Å². The molecule has 1 N–H and O–H groups in total. The average molecular weight is 392 g/mol. The highest BCUT2D eigenvalue weighted by Gasteiger charge is 2.51. The van der Waals surface area contributed by atoms with Crippen LogP contribution in [-0.4, -0.2) is 50.7 Å². The number of esters is 1. The van der Waals surface area contributed by atoms with Crippen LogP contribution in [0.15, 0.2) is 18.2 Å². The molecule has 1 aliphatic rings. The summed E-state index contributed by atoms with van der Waals surface area (Å²) in [6.45, 7) is 1.63. The van der Waals surface area contributed by atoms with Gasteiger partial charge in [-0.25, -0.2) is 0 Å². The van der Waals surface area contributed by atoms with Gasteiger partial charge in [-0.1, -0.05) is 6.07 Å². The molecular formula is C18H23F3O6. The van der Waals surface area contributed by atoms with Crippen LogP contribution in [0.2, 0.25) is 0 Å². The molecule has 0 aliphatic carbocycles. The molecule has 1 aromatic rings. The maximum atomic E-state index is 13.1. The molecule has 1 aliphatic heterocycles. The molecule has 9 heteroatoms. The van der Waals surface area contributed by atoms with E-state index in [1.54, 1.807) is 6.92 Å². The van der Waals surface area contributed by atoms with Crippen molar-refractivity contribution in [3.63, 3.8) is 0 Å². The first kappa shape index (κ1) is 21.5. The van der Waals surface area contributed by atoms with E-state index in [0.717, 1.165) is 18.2 Å². The molecule has 27 heavy (non-hydrogen) atoms. The molecule has 0 aromatic heterocycles. The van der Waals surface area contributed by atoms with Crippen molar-refractivity contribution < 1.29 is 42.0 Å². The smallest absolute Gasteiger partial charge is 0.416 e. The molecule has 6 nitrogen and oxygen atoms in total. The highest BCUT2D eigenvalue weighted by atomic mass is 19.4. The van der Waals surface area contributed by atoms with Crippen molar-refractivity contribution in [2.75, 3.05) is 34.0 Å². The first-order valence-corrected chi connectivity index (χ1v) is 8.36. The molecule has 0 saturated carbocycles. The van der Waals surface area contributed by atoms with E-state index in [2.05, 4.69) is 0 Å². The van der Waals surface area contributed by atoms with Gasteiger partial charge in [0.1, 0.15) is 11.4 Å². The predicted molar refractivity (Wildman–Crippen MR) is 88.3 cm³/mol. The Labute approximate surface area is 155 Å². The minimum absolute atomic E-state index is 0.0539. The number of rotatable bonds is 7. The summed E-state index contributed by atoms with van der Waals surface area (Å²) >= 11 is 0. The van der Waals surface area contributed by atoms with Crippen molar-refractivity contribution in [2.45, 2.75) is 37.1 Å². The number of hydrogen-bond acceptors (Lipinski definition) is 6. The van der Waals surface area contributed by atoms with Gasteiger partial charge in [0.2, 0.25) is 0 Å². The number of hydrogen-bond donors (Lipinski definition) is 1. The maximum absolute atomic E-state index is 13.1. The zero-order chi connectivity index (χ0) is 20.3. The van der Waals surface area contributed by atoms with E-state index in [1.165, 1.54) is 14.2 Å². The van der Waals surface area contributed by atoms with Gasteiger partial charge >= 0.3 is 12.1 Å². The molecule has 1 unspecified atom stereocenters. The van der Waals surface area contributed by atoms with Gasteiger partial charge in [0.05, 0.1) is 31.8 Å². The van der Waals surface area contributed by atoms with E-state index in [4.69, 9.17) is 18.9 Å². The van der Waals surface area contributed by atoms with Crippen LogP contribution in [0.5, 0.6) is 5.75 Å². The third-order valence-corrected chi connectivity index (χ3v) is 4.31. The summed E-state index contributed by atoms with van der Waals surface area (Å²) in [7, 11) is 2.79. The highest BCUT2D eigenvalue weighted by molar-refractivity contribution is 5.71. The topological polar surface area (TPSA) is 74.2 Å². The zero-order valence-corrected chi connectivity index (χ0v) is 15.4. The first-order valence-electron chi connectivity index (χ1n) is 8.36. The second-order valence-corrected chi connectivity index (χ2v) is 6.55. The Balaban J connectivity index is 2.55. The van der Waals surface area contributed by atoms with Crippen molar-refractivity contribution in [1.82, 2.24) is 0 Å². The third-order valence-electron chi connectivity index (χ3n) is 4.31. The minimum Gasteiger partial charge on any atom is -0.482 e. The molecule has 2 rings (SSSR count). The van der Waals surface area contributed by atoms with Crippen LogP contribution in [0.3, 0.4) is 0 Å². The Morgan fingerprint density at radius 3 is 2.41 bits per heavy atom. The Hall–Kier alpha value is -1.84. The van der Waals surface area contributed by atoms with Crippen molar-refractivity contribution >= 4 is 5.97 Å².